The minimum Gasteiger partial charge on any atom is -0.495 e. The van der Waals surface area contributed by atoms with E-state index in [2.05, 4.69) is 0 Å². The molecule has 2 rings (SSSR count). The molecule has 5 heteroatoms. The van der Waals surface area contributed by atoms with Crippen molar-refractivity contribution in [2.45, 2.75) is 19.3 Å². The summed E-state index contributed by atoms with van der Waals surface area (Å²) >= 11 is 6.08. The Kier molecular flexibility index (Phi) is 3.73. The van der Waals surface area contributed by atoms with E-state index in [9.17, 15) is 4.79 Å². The molecule has 1 aliphatic rings. The number of anilines is 1. The first kappa shape index (κ1) is 12.7. The molecule has 0 N–H and O–H groups in total. The van der Waals surface area contributed by atoms with Crippen molar-refractivity contribution < 1.29 is 9.53 Å². The third-order valence-corrected chi connectivity index (χ3v) is 3.31. The maximum atomic E-state index is 12.0. The Morgan fingerprint density at radius 1 is 1.50 bits per heavy atom. The number of halogens is 1. The molecule has 0 fully saturated rings. The second-order valence-corrected chi connectivity index (χ2v) is 4.51. The number of carbonyl (C=O) groups is 1. The second kappa shape index (κ2) is 5.28. The Morgan fingerprint density at radius 3 is 2.94 bits per heavy atom. The van der Waals surface area contributed by atoms with Gasteiger partial charge < -0.3 is 4.74 Å². The van der Waals surface area contributed by atoms with Crippen LogP contribution in [-0.2, 0) is 11.2 Å². The van der Waals surface area contributed by atoms with E-state index < -0.39 is 0 Å². The molecule has 18 heavy (non-hydrogen) atoms. The predicted octanol–water partition coefficient (Wildman–Crippen LogP) is 2.54. The summed E-state index contributed by atoms with van der Waals surface area (Å²) in [6.45, 7) is 0.0522. The lowest BCUT2D eigenvalue weighted by Gasteiger charge is -2.21. The average molecular weight is 265 g/mol. The highest BCUT2D eigenvalue weighted by Gasteiger charge is 2.23. The fourth-order valence-electron chi connectivity index (χ4n) is 2.14. The van der Waals surface area contributed by atoms with E-state index in [-0.39, 0.29) is 12.5 Å². The lowest BCUT2D eigenvalue weighted by molar-refractivity contribution is -0.118. The molecule has 94 valence electrons. The highest BCUT2D eigenvalue weighted by atomic mass is 35.5. The molecule has 0 spiro atoms. The summed E-state index contributed by atoms with van der Waals surface area (Å²) < 4.78 is 5.16. The SMILES string of the molecule is COc1cc2c(cc1Cl)CCCC(=O)N2CC#N. The Labute approximate surface area is 111 Å². The summed E-state index contributed by atoms with van der Waals surface area (Å²) in [7, 11) is 1.53. The molecule has 0 aliphatic carbocycles. The molecular weight excluding hydrogens is 252 g/mol. The number of aryl methyl sites for hydroxylation is 1. The zero-order valence-corrected chi connectivity index (χ0v) is 10.8. The number of ether oxygens (including phenoxy) is 1. The monoisotopic (exact) mass is 264 g/mol. The van der Waals surface area contributed by atoms with Gasteiger partial charge in [0.2, 0.25) is 5.91 Å². The van der Waals surface area contributed by atoms with Gasteiger partial charge >= 0.3 is 0 Å². The lowest BCUT2D eigenvalue weighted by atomic mass is 10.1. The van der Waals surface area contributed by atoms with Crippen LogP contribution < -0.4 is 9.64 Å². The van der Waals surface area contributed by atoms with Crippen LogP contribution >= 0.6 is 11.6 Å². The number of rotatable bonds is 2. The van der Waals surface area contributed by atoms with Crippen molar-refractivity contribution in [1.82, 2.24) is 0 Å². The van der Waals surface area contributed by atoms with Crippen molar-refractivity contribution in [1.29, 1.82) is 5.26 Å². The molecule has 1 aliphatic heterocycles. The van der Waals surface area contributed by atoms with Crippen LogP contribution in [0.25, 0.3) is 0 Å². The van der Waals surface area contributed by atoms with Crippen LogP contribution in [0.3, 0.4) is 0 Å². The lowest BCUT2D eigenvalue weighted by Crippen LogP contribution is -2.30. The van der Waals surface area contributed by atoms with Crippen molar-refractivity contribution in [3.05, 3.63) is 22.7 Å². The third-order valence-electron chi connectivity index (χ3n) is 3.01. The normalized spacial score (nSPS) is 14.7. The smallest absolute Gasteiger partial charge is 0.227 e. The number of nitriles is 1. The van der Waals surface area contributed by atoms with E-state index in [4.69, 9.17) is 21.6 Å². The van der Waals surface area contributed by atoms with Crippen LogP contribution in [0.4, 0.5) is 5.69 Å². The molecule has 0 radical (unpaired) electrons. The fourth-order valence-corrected chi connectivity index (χ4v) is 2.40. The number of carbonyl (C=O) groups excluding carboxylic acids is 1. The van der Waals surface area contributed by atoms with Crippen LogP contribution in [0.5, 0.6) is 5.75 Å². The highest BCUT2D eigenvalue weighted by Crippen LogP contribution is 2.35. The Balaban J connectivity index is 2.53. The number of hydrogen-bond donors (Lipinski definition) is 0. The van der Waals surface area contributed by atoms with Gasteiger partial charge in [0.1, 0.15) is 12.3 Å². The van der Waals surface area contributed by atoms with Gasteiger partial charge in [0.15, 0.2) is 0 Å². The topological polar surface area (TPSA) is 53.3 Å². The van der Waals surface area contributed by atoms with E-state index >= 15 is 0 Å². The van der Waals surface area contributed by atoms with Gasteiger partial charge in [-0.15, -0.1) is 0 Å². The molecule has 4 nitrogen and oxygen atoms in total. The van der Waals surface area contributed by atoms with Gasteiger partial charge in [-0.2, -0.15) is 5.26 Å². The molecule has 0 aromatic heterocycles. The van der Waals surface area contributed by atoms with Gasteiger partial charge in [-0.3, -0.25) is 9.69 Å². The van der Waals surface area contributed by atoms with Crippen molar-refractivity contribution in [2.24, 2.45) is 0 Å². The molecule has 1 aromatic rings. The third kappa shape index (κ3) is 2.27. The second-order valence-electron chi connectivity index (χ2n) is 4.11. The van der Waals surface area contributed by atoms with Crippen LogP contribution in [0.15, 0.2) is 12.1 Å². The number of fused-ring (bicyclic) bond motifs is 1. The summed E-state index contributed by atoms with van der Waals surface area (Å²) in [5.74, 6) is 0.493. The number of amides is 1. The van der Waals surface area contributed by atoms with Gasteiger partial charge in [0.25, 0.3) is 0 Å². The zero-order valence-electron chi connectivity index (χ0n) is 10.1. The first-order chi connectivity index (χ1) is 8.67. The fraction of sp³-hybridized carbons (Fsp3) is 0.385. The summed E-state index contributed by atoms with van der Waals surface area (Å²) in [5.41, 5.74) is 1.72. The molecule has 0 atom stereocenters. The molecular formula is C13H13ClN2O2. The van der Waals surface area contributed by atoms with Crippen LogP contribution in [0.2, 0.25) is 5.02 Å². The number of hydrogen-bond acceptors (Lipinski definition) is 3. The summed E-state index contributed by atoms with van der Waals surface area (Å²) in [4.78, 5) is 13.5. The maximum Gasteiger partial charge on any atom is 0.227 e. The van der Waals surface area contributed by atoms with Crippen molar-refractivity contribution in [3.63, 3.8) is 0 Å². The van der Waals surface area contributed by atoms with E-state index in [1.165, 1.54) is 12.0 Å². The maximum absolute atomic E-state index is 12.0. The van der Waals surface area contributed by atoms with Crippen molar-refractivity contribution in [2.75, 3.05) is 18.6 Å². The van der Waals surface area contributed by atoms with Gasteiger partial charge in [-0.05, 0) is 24.5 Å². The van der Waals surface area contributed by atoms with Gasteiger partial charge in [-0.25, -0.2) is 0 Å². The Morgan fingerprint density at radius 2 is 2.28 bits per heavy atom. The number of benzene rings is 1. The van der Waals surface area contributed by atoms with Crippen LogP contribution in [0, 0.1) is 11.3 Å². The van der Waals surface area contributed by atoms with Gasteiger partial charge in [0.05, 0.1) is 23.9 Å². The summed E-state index contributed by atoms with van der Waals surface area (Å²) in [6, 6.07) is 5.57. The largest absolute Gasteiger partial charge is 0.495 e. The average Bonchev–Trinajstić information content (AvgIpc) is 2.49. The molecule has 0 unspecified atom stereocenters. The standard InChI is InChI=1S/C13H13ClN2O2/c1-18-12-8-11-9(7-10(12)14)3-2-4-13(17)16(11)6-5-15/h7-8H,2-4,6H2,1H3. The van der Waals surface area contributed by atoms with E-state index in [1.807, 2.05) is 12.1 Å². The Hall–Kier alpha value is -1.73. The van der Waals surface area contributed by atoms with Crippen LogP contribution in [0.1, 0.15) is 18.4 Å². The summed E-state index contributed by atoms with van der Waals surface area (Å²) in [6.07, 6.45) is 2.01. The molecule has 0 saturated heterocycles. The van der Waals surface area contributed by atoms with Crippen LogP contribution in [-0.4, -0.2) is 19.6 Å². The molecule has 0 saturated carbocycles. The van der Waals surface area contributed by atoms with E-state index in [0.29, 0.717) is 17.2 Å². The zero-order chi connectivity index (χ0) is 13.1. The quantitative estimate of drug-likeness (QED) is 0.772. The number of methoxy groups -OCH3 is 1. The van der Waals surface area contributed by atoms with Crippen molar-refractivity contribution >= 4 is 23.2 Å². The summed E-state index contributed by atoms with van der Waals surface area (Å²) in [5, 5.41) is 9.36. The first-order valence-electron chi connectivity index (χ1n) is 5.71. The minimum absolute atomic E-state index is 0.0281. The molecule has 0 bridgehead atoms. The molecule has 1 aromatic carbocycles. The molecule has 1 heterocycles. The number of nitrogens with zero attached hydrogens (tertiary/aromatic N) is 2. The minimum atomic E-state index is -0.0281. The van der Waals surface area contributed by atoms with Gasteiger partial charge in [0, 0.05) is 12.5 Å². The van der Waals surface area contributed by atoms with E-state index in [1.54, 1.807) is 6.07 Å². The van der Waals surface area contributed by atoms with E-state index in [0.717, 1.165) is 24.1 Å². The predicted molar refractivity (Wildman–Crippen MR) is 68.9 cm³/mol. The first-order valence-corrected chi connectivity index (χ1v) is 6.09. The van der Waals surface area contributed by atoms with Crippen molar-refractivity contribution in [3.8, 4) is 11.8 Å². The van der Waals surface area contributed by atoms with Gasteiger partial charge in [-0.1, -0.05) is 11.6 Å². The highest BCUT2D eigenvalue weighted by molar-refractivity contribution is 6.32. The molecule has 1 amide bonds. The Bertz CT molecular complexity index is 522.